The van der Waals surface area contributed by atoms with Gasteiger partial charge in [-0.3, -0.25) is 19.0 Å². The summed E-state index contributed by atoms with van der Waals surface area (Å²) in [6.07, 6.45) is 0. The lowest BCUT2D eigenvalue weighted by molar-refractivity contribution is 0.0943. The smallest absolute Gasteiger partial charge is 0.276 e. The Kier molecular flexibility index (Phi) is 4.12. The molecule has 3 rings (SSSR count). The predicted molar refractivity (Wildman–Crippen MR) is 90.8 cm³/mol. The molecule has 0 aliphatic carbocycles. The van der Waals surface area contributed by atoms with Crippen molar-refractivity contribution in [2.45, 2.75) is 20.4 Å². The number of hydrogen-bond donors (Lipinski definition) is 1. The zero-order valence-corrected chi connectivity index (χ0v) is 14.4. The standard InChI is InChI=1S/C17H18FN5O2/c1-9-13(10(2)22(3)20-9)8-19-17(25)15-16(24)12-7-11(18)5-6-14(12)23(4)21-15/h5-7H,8H2,1-4H3,(H,19,25). The maximum Gasteiger partial charge on any atom is 0.276 e. The molecule has 0 fully saturated rings. The molecule has 7 nitrogen and oxygen atoms in total. The Morgan fingerprint density at radius 2 is 1.92 bits per heavy atom. The van der Waals surface area contributed by atoms with Crippen molar-refractivity contribution in [3.63, 3.8) is 0 Å². The van der Waals surface area contributed by atoms with E-state index < -0.39 is 17.2 Å². The summed E-state index contributed by atoms with van der Waals surface area (Å²) < 4.78 is 16.6. The summed E-state index contributed by atoms with van der Waals surface area (Å²) in [4.78, 5) is 24.9. The lowest BCUT2D eigenvalue weighted by atomic mass is 10.1. The number of amides is 1. The van der Waals surface area contributed by atoms with Crippen LogP contribution in [0, 0.1) is 19.7 Å². The van der Waals surface area contributed by atoms with Gasteiger partial charge in [0.1, 0.15) is 5.82 Å². The molecule has 0 saturated heterocycles. The van der Waals surface area contributed by atoms with E-state index in [2.05, 4.69) is 15.5 Å². The Balaban J connectivity index is 1.95. The number of hydrogen-bond acceptors (Lipinski definition) is 4. The molecule has 3 aromatic rings. The van der Waals surface area contributed by atoms with Gasteiger partial charge in [-0.05, 0) is 32.0 Å². The first-order valence-corrected chi connectivity index (χ1v) is 7.73. The molecule has 1 aromatic carbocycles. The molecule has 0 aliphatic heterocycles. The van der Waals surface area contributed by atoms with E-state index in [1.54, 1.807) is 11.7 Å². The highest BCUT2D eigenvalue weighted by molar-refractivity contribution is 5.95. The number of nitrogens with one attached hydrogen (secondary N) is 1. The first-order chi connectivity index (χ1) is 11.8. The van der Waals surface area contributed by atoms with Gasteiger partial charge in [-0.2, -0.15) is 10.2 Å². The maximum absolute atomic E-state index is 13.5. The average molecular weight is 343 g/mol. The van der Waals surface area contributed by atoms with Crippen molar-refractivity contribution in [3.05, 3.63) is 56.9 Å². The summed E-state index contributed by atoms with van der Waals surface area (Å²) in [7, 11) is 3.43. The molecular weight excluding hydrogens is 325 g/mol. The Morgan fingerprint density at radius 3 is 2.56 bits per heavy atom. The van der Waals surface area contributed by atoms with Crippen molar-refractivity contribution in [2.24, 2.45) is 14.1 Å². The van der Waals surface area contributed by atoms with Crippen LogP contribution in [0.1, 0.15) is 27.4 Å². The average Bonchev–Trinajstić information content (AvgIpc) is 2.81. The topological polar surface area (TPSA) is 81.8 Å². The Bertz CT molecular complexity index is 1050. The normalized spacial score (nSPS) is 11.1. The summed E-state index contributed by atoms with van der Waals surface area (Å²) in [5, 5.41) is 11.1. The minimum atomic E-state index is -0.602. The minimum absolute atomic E-state index is 0.122. The molecule has 130 valence electrons. The Morgan fingerprint density at radius 1 is 1.20 bits per heavy atom. The Labute approximate surface area is 143 Å². The lowest BCUT2D eigenvalue weighted by Crippen LogP contribution is -2.31. The van der Waals surface area contributed by atoms with E-state index in [4.69, 9.17) is 0 Å². The summed E-state index contributed by atoms with van der Waals surface area (Å²) in [5.74, 6) is -1.14. The Hall–Kier alpha value is -3.03. The van der Waals surface area contributed by atoms with Crippen LogP contribution >= 0.6 is 0 Å². The first-order valence-electron chi connectivity index (χ1n) is 7.73. The summed E-state index contributed by atoms with van der Waals surface area (Å²) in [6.45, 7) is 3.98. The van der Waals surface area contributed by atoms with Crippen molar-refractivity contribution in [3.8, 4) is 0 Å². The number of nitrogens with zero attached hydrogens (tertiary/aromatic N) is 4. The quantitative estimate of drug-likeness (QED) is 0.778. The minimum Gasteiger partial charge on any atom is -0.346 e. The monoisotopic (exact) mass is 343 g/mol. The third-order valence-electron chi connectivity index (χ3n) is 4.32. The van der Waals surface area contributed by atoms with Gasteiger partial charge in [0.25, 0.3) is 5.91 Å². The number of carbonyl (C=O) groups excluding carboxylic acids is 1. The van der Waals surface area contributed by atoms with Crippen LogP contribution in [0.3, 0.4) is 0 Å². The maximum atomic E-state index is 13.5. The van der Waals surface area contributed by atoms with E-state index in [1.807, 2.05) is 20.9 Å². The van der Waals surface area contributed by atoms with Crippen LogP contribution < -0.4 is 10.7 Å². The molecule has 0 radical (unpaired) electrons. The van der Waals surface area contributed by atoms with E-state index in [0.717, 1.165) is 23.0 Å². The van der Waals surface area contributed by atoms with E-state index in [9.17, 15) is 14.0 Å². The molecular formula is C17H18FN5O2. The second kappa shape index (κ2) is 6.12. The van der Waals surface area contributed by atoms with Gasteiger partial charge in [0.2, 0.25) is 5.43 Å². The van der Waals surface area contributed by atoms with Crippen molar-refractivity contribution >= 4 is 16.8 Å². The third kappa shape index (κ3) is 2.90. The number of halogens is 1. The second-order valence-corrected chi connectivity index (χ2v) is 5.92. The molecule has 8 heteroatoms. The van der Waals surface area contributed by atoms with E-state index >= 15 is 0 Å². The second-order valence-electron chi connectivity index (χ2n) is 5.92. The van der Waals surface area contributed by atoms with Gasteiger partial charge in [-0.15, -0.1) is 0 Å². The number of benzene rings is 1. The molecule has 2 heterocycles. The van der Waals surface area contributed by atoms with Gasteiger partial charge in [0, 0.05) is 31.9 Å². The highest BCUT2D eigenvalue weighted by Crippen LogP contribution is 2.13. The van der Waals surface area contributed by atoms with Gasteiger partial charge in [0.05, 0.1) is 16.6 Å². The fraction of sp³-hybridized carbons (Fsp3) is 0.294. The molecule has 0 aliphatic rings. The summed E-state index contributed by atoms with van der Waals surface area (Å²) >= 11 is 0. The van der Waals surface area contributed by atoms with Crippen LogP contribution in [0.5, 0.6) is 0 Å². The molecule has 0 spiro atoms. The molecule has 0 bridgehead atoms. The predicted octanol–water partition coefficient (Wildman–Crippen LogP) is 1.35. The number of rotatable bonds is 3. The summed E-state index contributed by atoms with van der Waals surface area (Å²) in [5.41, 5.74) is 2.23. The van der Waals surface area contributed by atoms with Crippen LogP contribution in [0.25, 0.3) is 10.9 Å². The molecule has 0 unspecified atom stereocenters. The molecule has 0 atom stereocenters. The largest absolute Gasteiger partial charge is 0.346 e. The van der Waals surface area contributed by atoms with Gasteiger partial charge >= 0.3 is 0 Å². The number of fused-ring (bicyclic) bond motifs is 1. The van der Waals surface area contributed by atoms with Crippen LogP contribution in [0.2, 0.25) is 0 Å². The van der Waals surface area contributed by atoms with Gasteiger partial charge < -0.3 is 5.32 Å². The van der Waals surface area contributed by atoms with Gasteiger partial charge in [0.15, 0.2) is 5.69 Å². The molecule has 1 N–H and O–H groups in total. The van der Waals surface area contributed by atoms with Crippen molar-refractivity contribution in [1.29, 1.82) is 0 Å². The van der Waals surface area contributed by atoms with Crippen LogP contribution in [-0.4, -0.2) is 25.5 Å². The first kappa shape index (κ1) is 16.8. The molecule has 0 saturated carbocycles. The van der Waals surface area contributed by atoms with Crippen LogP contribution in [0.4, 0.5) is 4.39 Å². The van der Waals surface area contributed by atoms with Crippen molar-refractivity contribution in [1.82, 2.24) is 24.9 Å². The van der Waals surface area contributed by atoms with E-state index in [0.29, 0.717) is 5.52 Å². The fourth-order valence-electron chi connectivity index (χ4n) is 2.82. The highest BCUT2D eigenvalue weighted by Gasteiger charge is 2.18. The zero-order valence-electron chi connectivity index (χ0n) is 14.4. The molecule has 2 aromatic heterocycles. The number of aromatic nitrogens is 4. The highest BCUT2D eigenvalue weighted by atomic mass is 19.1. The van der Waals surface area contributed by atoms with Crippen molar-refractivity contribution in [2.75, 3.05) is 0 Å². The number of carbonyl (C=O) groups is 1. The summed E-state index contributed by atoms with van der Waals surface area (Å²) in [6, 6.07) is 3.83. The van der Waals surface area contributed by atoms with Crippen molar-refractivity contribution < 1.29 is 9.18 Å². The molecule has 25 heavy (non-hydrogen) atoms. The van der Waals surface area contributed by atoms with Crippen LogP contribution in [-0.2, 0) is 20.6 Å². The fourth-order valence-corrected chi connectivity index (χ4v) is 2.82. The van der Waals surface area contributed by atoms with E-state index in [-0.39, 0.29) is 17.6 Å². The molecule has 1 amide bonds. The number of aryl methyl sites for hydroxylation is 3. The van der Waals surface area contributed by atoms with Crippen LogP contribution in [0.15, 0.2) is 23.0 Å². The lowest BCUT2D eigenvalue weighted by Gasteiger charge is -2.09. The SMILES string of the molecule is Cc1nn(C)c(C)c1CNC(=O)c1nn(C)c2ccc(F)cc2c1=O. The zero-order chi connectivity index (χ0) is 18.3. The van der Waals surface area contributed by atoms with E-state index in [1.165, 1.54) is 16.8 Å². The third-order valence-corrected chi connectivity index (χ3v) is 4.32. The van der Waals surface area contributed by atoms with Gasteiger partial charge in [-0.1, -0.05) is 0 Å². The van der Waals surface area contributed by atoms with Gasteiger partial charge in [-0.25, -0.2) is 4.39 Å².